The Labute approximate surface area is 86.6 Å². The van der Waals surface area contributed by atoms with Crippen LogP contribution in [0.2, 0.25) is 0 Å². The van der Waals surface area contributed by atoms with Crippen LogP contribution < -0.4 is 5.32 Å². The molecule has 1 N–H and O–H groups in total. The molecule has 1 fully saturated rings. The molecule has 1 aliphatic carbocycles. The Morgan fingerprint density at radius 3 is 2.93 bits per heavy atom. The number of halogens is 1. The van der Waals surface area contributed by atoms with Gasteiger partial charge >= 0.3 is 0 Å². The van der Waals surface area contributed by atoms with Crippen LogP contribution in [-0.2, 0) is 0 Å². The van der Waals surface area contributed by atoms with Gasteiger partial charge in [0.05, 0.1) is 5.54 Å². The van der Waals surface area contributed by atoms with Crippen LogP contribution in [-0.4, -0.2) is 22.5 Å². The molecule has 1 saturated carbocycles. The van der Waals surface area contributed by atoms with Crippen molar-refractivity contribution < 1.29 is 9.32 Å². The van der Waals surface area contributed by atoms with E-state index in [2.05, 4.69) is 15.0 Å². The standard InChI is InChI=1S/C9H11ClN2O2/c10-6-9(3-1-4-9)11-8(13)7-2-5-14-12-7/h2,5H,1,3-4,6H2,(H,11,13). The monoisotopic (exact) mass is 214 g/mol. The Hall–Kier alpha value is -1.03. The Morgan fingerprint density at radius 1 is 1.71 bits per heavy atom. The van der Waals surface area contributed by atoms with Gasteiger partial charge in [0.25, 0.3) is 5.91 Å². The van der Waals surface area contributed by atoms with Crippen molar-refractivity contribution in [1.29, 1.82) is 0 Å². The molecule has 0 saturated heterocycles. The fourth-order valence-electron chi connectivity index (χ4n) is 1.53. The summed E-state index contributed by atoms with van der Waals surface area (Å²) in [5.41, 5.74) is 0.0961. The van der Waals surface area contributed by atoms with Gasteiger partial charge in [0.1, 0.15) is 6.26 Å². The number of amides is 1. The first-order chi connectivity index (χ1) is 6.76. The third-order valence-electron chi connectivity index (χ3n) is 2.62. The largest absolute Gasteiger partial charge is 0.364 e. The lowest BCUT2D eigenvalue weighted by molar-refractivity contribution is 0.0844. The minimum absolute atomic E-state index is 0.209. The summed E-state index contributed by atoms with van der Waals surface area (Å²) in [7, 11) is 0. The zero-order valence-corrected chi connectivity index (χ0v) is 8.38. The molecule has 1 aliphatic rings. The smallest absolute Gasteiger partial charge is 0.273 e. The van der Waals surface area contributed by atoms with Crippen LogP contribution in [0, 0.1) is 0 Å². The van der Waals surface area contributed by atoms with E-state index in [9.17, 15) is 4.79 Å². The van der Waals surface area contributed by atoms with Crippen LogP contribution in [0.25, 0.3) is 0 Å². The average molecular weight is 215 g/mol. The summed E-state index contributed by atoms with van der Waals surface area (Å²) < 4.78 is 4.59. The quantitative estimate of drug-likeness (QED) is 0.777. The van der Waals surface area contributed by atoms with E-state index in [0.29, 0.717) is 11.6 Å². The number of aromatic nitrogens is 1. The second kappa shape index (κ2) is 3.61. The van der Waals surface area contributed by atoms with E-state index in [-0.39, 0.29) is 11.4 Å². The number of rotatable bonds is 3. The van der Waals surface area contributed by atoms with E-state index in [0.717, 1.165) is 19.3 Å². The van der Waals surface area contributed by atoms with Crippen molar-refractivity contribution in [2.75, 3.05) is 5.88 Å². The second-order valence-electron chi connectivity index (χ2n) is 3.61. The number of carbonyl (C=O) groups excluding carboxylic acids is 1. The highest BCUT2D eigenvalue weighted by molar-refractivity contribution is 6.19. The summed E-state index contributed by atoms with van der Waals surface area (Å²) in [6, 6.07) is 1.54. The minimum atomic E-state index is -0.211. The minimum Gasteiger partial charge on any atom is -0.364 e. The molecule has 1 aromatic heterocycles. The first-order valence-electron chi connectivity index (χ1n) is 4.55. The van der Waals surface area contributed by atoms with Crippen LogP contribution in [0.1, 0.15) is 29.8 Å². The van der Waals surface area contributed by atoms with Crippen molar-refractivity contribution in [1.82, 2.24) is 10.5 Å². The van der Waals surface area contributed by atoms with Gasteiger partial charge in [0.15, 0.2) is 5.69 Å². The highest BCUT2D eigenvalue weighted by atomic mass is 35.5. The molecule has 1 aromatic rings. The molecule has 0 unspecified atom stereocenters. The number of hydrogen-bond donors (Lipinski definition) is 1. The van der Waals surface area contributed by atoms with Gasteiger partial charge < -0.3 is 9.84 Å². The van der Waals surface area contributed by atoms with Gasteiger partial charge in [-0.1, -0.05) is 5.16 Å². The first-order valence-corrected chi connectivity index (χ1v) is 5.08. The molecule has 1 heterocycles. The third-order valence-corrected chi connectivity index (χ3v) is 3.13. The lowest BCUT2D eigenvalue weighted by atomic mass is 9.78. The van der Waals surface area contributed by atoms with E-state index in [1.807, 2.05) is 0 Å². The topological polar surface area (TPSA) is 55.1 Å². The van der Waals surface area contributed by atoms with E-state index in [4.69, 9.17) is 11.6 Å². The molecule has 1 amide bonds. The predicted molar refractivity (Wildman–Crippen MR) is 51.3 cm³/mol. The maximum atomic E-state index is 11.6. The van der Waals surface area contributed by atoms with Gasteiger partial charge in [-0.2, -0.15) is 0 Å². The number of nitrogens with zero attached hydrogens (tertiary/aromatic N) is 1. The summed E-state index contributed by atoms with van der Waals surface area (Å²) >= 11 is 5.81. The summed E-state index contributed by atoms with van der Waals surface area (Å²) in [5, 5.41) is 6.45. The Balaban J connectivity index is 2.01. The second-order valence-corrected chi connectivity index (χ2v) is 3.87. The number of nitrogens with one attached hydrogen (secondary N) is 1. The molecule has 0 aliphatic heterocycles. The molecule has 0 atom stereocenters. The van der Waals surface area contributed by atoms with E-state index < -0.39 is 0 Å². The average Bonchev–Trinajstić information content (AvgIpc) is 2.63. The van der Waals surface area contributed by atoms with Crippen LogP contribution in [0.4, 0.5) is 0 Å². The van der Waals surface area contributed by atoms with E-state index in [1.54, 1.807) is 0 Å². The van der Waals surface area contributed by atoms with Gasteiger partial charge in [-0.05, 0) is 19.3 Å². The molecular formula is C9H11ClN2O2. The molecule has 0 bridgehead atoms. The van der Waals surface area contributed by atoms with Crippen molar-refractivity contribution in [2.24, 2.45) is 0 Å². The normalized spacial score (nSPS) is 18.6. The lowest BCUT2D eigenvalue weighted by Crippen LogP contribution is -2.55. The summed E-state index contributed by atoms with van der Waals surface area (Å²) in [4.78, 5) is 11.6. The molecule has 2 rings (SSSR count). The van der Waals surface area contributed by atoms with E-state index >= 15 is 0 Å². The fraction of sp³-hybridized carbons (Fsp3) is 0.556. The molecule has 5 heteroatoms. The van der Waals surface area contributed by atoms with Crippen molar-refractivity contribution in [3.8, 4) is 0 Å². The van der Waals surface area contributed by atoms with Gasteiger partial charge in [-0.3, -0.25) is 4.79 Å². The predicted octanol–water partition coefficient (Wildman–Crippen LogP) is 1.57. The zero-order chi connectivity index (χ0) is 10.0. The van der Waals surface area contributed by atoms with Gasteiger partial charge in [-0.15, -0.1) is 11.6 Å². The Morgan fingerprint density at radius 2 is 2.50 bits per heavy atom. The third kappa shape index (κ3) is 1.62. The van der Waals surface area contributed by atoms with Crippen molar-refractivity contribution >= 4 is 17.5 Å². The van der Waals surface area contributed by atoms with Crippen LogP contribution in [0.5, 0.6) is 0 Å². The van der Waals surface area contributed by atoms with Gasteiger partial charge in [0, 0.05) is 11.9 Å². The maximum absolute atomic E-state index is 11.6. The first kappa shape index (κ1) is 9.52. The summed E-state index contributed by atoms with van der Waals surface area (Å²) in [6.07, 6.45) is 4.38. The Bertz CT molecular complexity index is 314. The molecule has 0 aromatic carbocycles. The number of carbonyl (C=O) groups is 1. The van der Waals surface area contributed by atoms with Crippen LogP contribution >= 0.6 is 11.6 Å². The van der Waals surface area contributed by atoms with Crippen molar-refractivity contribution in [3.05, 3.63) is 18.0 Å². The van der Waals surface area contributed by atoms with Gasteiger partial charge in [0.2, 0.25) is 0 Å². The summed E-state index contributed by atoms with van der Waals surface area (Å²) in [5.74, 6) is 0.246. The van der Waals surface area contributed by atoms with Crippen molar-refractivity contribution in [3.63, 3.8) is 0 Å². The lowest BCUT2D eigenvalue weighted by Gasteiger charge is -2.40. The van der Waals surface area contributed by atoms with Crippen LogP contribution in [0.15, 0.2) is 16.9 Å². The Kier molecular flexibility index (Phi) is 2.46. The number of alkyl halides is 1. The highest BCUT2D eigenvalue weighted by Gasteiger charge is 2.38. The van der Waals surface area contributed by atoms with Crippen molar-refractivity contribution in [2.45, 2.75) is 24.8 Å². The fourth-order valence-corrected chi connectivity index (χ4v) is 1.86. The highest BCUT2D eigenvalue weighted by Crippen LogP contribution is 2.32. The number of hydrogen-bond acceptors (Lipinski definition) is 3. The maximum Gasteiger partial charge on any atom is 0.273 e. The molecular weight excluding hydrogens is 204 g/mol. The molecule has 14 heavy (non-hydrogen) atoms. The molecule has 0 radical (unpaired) electrons. The SMILES string of the molecule is O=C(NC1(CCl)CCC1)c1ccon1. The molecule has 4 nitrogen and oxygen atoms in total. The summed E-state index contributed by atoms with van der Waals surface area (Å²) in [6.45, 7) is 0. The molecule has 0 spiro atoms. The van der Waals surface area contributed by atoms with Crippen LogP contribution in [0.3, 0.4) is 0 Å². The van der Waals surface area contributed by atoms with Gasteiger partial charge in [-0.25, -0.2) is 0 Å². The zero-order valence-electron chi connectivity index (χ0n) is 7.62. The van der Waals surface area contributed by atoms with E-state index in [1.165, 1.54) is 12.3 Å². The molecule has 76 valence electrons.